The van der Waals surface area contributed by atoms with Crippen LogP contribution in [0.1, 0.15) is 16.1 Å². The highest BCUT2D eigenvalue weighted by atomic mass is 19.1. The highest BCUT2D eigenvalue weighted by Crippen LogP contribution is 2.18. The summed E-state index contributed by atoms with van der Waals surface area (Å²) in [5.74, 6) is -2.48. The second-order valence-electron chi connectivity index (χ2n) is 6.60. The molecule has 2 aromatic heterocycles. The van der Waals surface area contributed by atoms with Crippen molar-refractivity contribution in [3.05, 3.63) is 95.8 Å². The first-order valence-corrected chi connectivity index (χ1v) is 9.16. The van der Waals surface area contributed by atoms with Crippen LogP contribution in [0.5, 0.6) is 5.75 Å². The smallest absolute Gasteiger partial charge is 0.276 e. The maximum Gasteiger partial charge on any atom is 0.276 e. The average molecular weight is 427 g/mol. The molecule has 1 N–H and O–H groups in total. The molecule has 0 fully saturated rings. The number of amides is 1. The normalized spacial score (nSPS) is 10.8. The predicted molar refractivity (Wildman–Crippen MR) is 105 cm³/mol. The zero-order chi connectivity index (χ0) is 21.8. The van der Waals surface area contributed by atoms with Gasteiger partial charge in [0.2, 0.25) is 0 Å². The summed E-state index contributed by atoms with van der Waals surface area (Å²) in [4.78, 5) is 12.4. The topological polar surface area (TPSA) is 74.0 Å². The molecule has 10 heteroatoms. The first-order valence-electron chi connectivity index (χ1n) is 9.16. The monoisotopic (exact) mass is 427 g/mol. The molecule has 31 heavy (non-hydrogen) atoms. The van der Waals surface area contributed by atoms with Crippen molar-refractivity contribution in [1.82, 2.24) is 19.6 Å². The van der Waals surface area contributed by atoms with E-state index in [2.05, 4.69) is 15.5 Å². The van der Waals surface area contributed by atoms with Crippen LogP contribution in [-0.2, 0) is 13.3 Å². The maximum absolute atomic E-state index is 13.6. The standard InChI is InChI=1S/C21H16F3N5O2/c22-15-3-1-2-14(8-15)11-29-12-17(10-25-29)26-21(30)19-6-7-28(27-19)13-31-20-5-4-16(23)9-18(20)24/h1-10,12H,11,13H2,(H,26,30). The molecule has 0 atom stereocenters. The number of ether oxygens (including phenoxy) is 1. The third kappa shape index (κ3) is 5.10. The number of halogens is 3. The lowest BCUT2D eigenvalue weighted by Crippen LogP contribution is -2.14. The minimum absolute atomic E-state index is 0.112. The fraction of sp³-hybridized carbons (Fsp3) is 0.0952. The minimum Gasteiger partial charge on any atom is -0.468 e. The Balaban J connectivity index is 1.34. The molecule has 0 radical (unpaired) electrons. The molecule has 0 saturated heterocycles. The first kappa shape index (κ1) is 20.2. The molecule has 0 bridgehead atoms. The zero-order valence-corrected chi connectivity index (χ0v) is 16.0. The van der Waals surface area contributed by atoms with Gasteiger partial charge in [0.25, 0.3) is 5.91 Å². The molecule has 0 unspecified atom stereocenters. The molecule has 4 aromatic rings. The number of rotatable bonds is 7. The molecular weight excluding hydrogens is 411 g/mol. The minimum atomic E-state index is -0.833. The quantitative estimate of drug-likeness (QED) is 0.487. The molecule has 0 spiro atoms. The molecule has 1 amide bonds. The number of anilines is 1. The number of benzene rings is 2. The number of carbonyl (C=O) groups excluding carboxylic acids is 1. The summed E-state index contributed by atoms with van der Waals surface area (Å²) in [6.07, 6.45) is 4.57. The van der Waals surface area contributed by atoms with Gasteiger partial charge in [-0.3, -0.25) is 9.48 Å². The van der Waals surface area contributed by atoms with E-state index in [9.17, 15) is 18.0 Å². The molecule has 158 valence electrons. The molecule has 0 aliphatic carbocycles. The van der Waals surface area contributed by atoms with Crippen LogP contribution in [0.3, 0.4) is 0 Å². The molecule has 4 rings (SSSR count). The lowest BCUT2D eigenvalue weighted by atomic mass is 10.2. The van der Waals surface area contributed by atoms with Gasteiger partial charge in [0.15, 0.2) is 24.0 Å². The van der Waals surface area contributed by atoms with Gasteiger partial charge < -0.3 is 10.1 Å². The van der Waals surface area contributed by atoms with E-state index in [0.717, 1.165) is 11.6 Å². The van der Waals surface area contributed by atoms with E-state index in [0.29, 0.717) is 18.3 Å². The van der Waals surface area contributed by atoms with Gasteiger partial charge >= 0.3 is 0 Å². The van der Waals surface area contributed by atoms with Gasteiger partial charge in [0.1, 0.15) is 11.6 Å². The molecule has 0 saturated carbocycles. The van der Waals surface area contributed by atoms with Crippen LogP contribution in [-0.4, -0.2) is 25.5 Å². The largest absolute Gasteiger partial charge is 0.468 e. The van der Waals surface area contributed by atoms with Crippen LogP contribution >= 0.6 is 0 Å². The SMILES string of the molecule is O=C(Nc1cnn(Cc2cccc(F)c2)c1)c1ccn(COc2ccc(F)cc2F)n1. The zero-order valence-electron chi connectivity index (χ0n) is 16.0. The van der Waals surface area contributed by atoms with Crippen LogP contribution in [0.15, 0.2) is 67.1 Å². The van der Waals surface area contributed by atoms with Gasteiger partial charge in [-0.25, -0.2) is 17.9 Å². The highest BCUT2D eigenvalue weighted by Gasteiger charge is 2.12. The summed E-state index contributed by atoms with van der Waals surface area (Å²) in [6, 6.07) is 10.6. The van der Waals surface area contributed by atoms with Crippen molar-refractivity contribution in [2.24, 2.45) is 0 Å². The van der Waals surface area contributed by atoms with Gasteiger partial charge in [0.05, 0.1) is 18.4 Å². The number of hydrogen-bond acceptors (Lipinski definition) is 4. The summed E-state index contributed by atoms with van der Waals surface area (Å²) in [6.45, 7) is 0.181. The third-order valence-corrected chi connectivity index (χ3v) is 4.24. The van der Waals surface area contributed by atoms with Crippen LogP contribution in [0.4, 0.5) is 18.9 Å². The second kappa shape index (κ2) is 8.74. The predicted octanol–water partition coefficient (Wildman–Crippen LogP) is 3.83. The lowest BCUT2D eigenvalue weighted by Gasteiger charge is -2.07. The molecule has 2 aromatic carbocycles. The van der Waals surface area contributed by atoms with Gasteiger partial charge in [-0.2, -0.15) is 10.2 Å². The van der Waals surface area contributed by atoms with Gasteiger partial charge in [0, 0.05) is 18.5 Å². The van der Waals surface area contributed by atoms with Crippen LogP contribution in [0, 0.1) is 17.5 Å². The Kier molecular flexibility index (Phi) is 5.69. The van der Waals surface area contributed by atoms with Gasteiger partial charge in [-0.15, -0.1) is 0 Å². The van der Waals surface area contributed by atoms with Crippen LogP contribution in [0.25, 0.3) is 0 Å². The van der Waals surface area contributed by atoms with E-state index >= 15 is 0 Å². The molecule has 2 heterocycles. The van der Waals surface area contributed by atoms with Gasteiger partial charge in [-0.1, -0.05) is 12.1 Å². The van der Waals surface area contributed by atoms with E-state index in [1.54, 1.807) is 23.0 Å². The summed E-state index contributed by atoms with van der Waals surface area (Å²) < 4.78 is 47.9. The van der Waals surface area contributed by atoms with E-state index in [1.165, 1.54) is 41.3 Å². The third-order valence-electron chi connectivity index (χ3n) is 4.24. The Bertz CT molecular complexity index is 1220. The molecule has 0 aliphatic rings. The Morgan fingerprint density at radius 2 is 1.87 bits per heavy atom. The molecule has 0 aliphatic heterocycles. The Morgan fingerprint density at radius 3 is 2.68 bits per heavy atom. The van der Waals surface area contributed by atoms with E-state index in [-0.39, 0.29) is 24.0 Å². The fourth-order valence-corrected chi connectivity index (χ4v) is 2.81. The van der Waals surface area contributed by atoms with Crippen molar-refractivity contribution in [1.29, 1.82) is 0 Å². The Hall–Kier alpha value is -4.08. The Labute approximate surface area is 174 Å². The number of hydrogen-bond donors (Lipinski definition) is 1. The highest BCUT2D eigenvalue weighted by molar-refractivity contribution is 6.02. The summed E-state index contributed by atoms with van der Waals surface area (Å²) in [5, 5.41) is 10.9. The van der Waals surface area contributed by atoms with Crippen molar-refractivity contribution < 1.29 is 22.7 Å². The van der Waals surface area contributed by atoms with Crippen LogP contribution in [0.2, 0.25) is 0 Å². The molecular formula is C21H16F3N5O2. The van der Waals surface area contributed by atoms with Crippen molar-refractivity contribution in [2.45, 2.75) is 13.3 Å². The number of aromatic nitrogens is 4. The van der Waals surface area contributed by atoms with E-state index < -0.39 is 17.5 Å². The first-order chi connectivity index (χ1) is 15.0. The van der Waals surface area contributed by atoms with E-state index in [1.807, 2.05) is 0 Å². The van der Waals surface area contributed by atoms with Crippen molar-refractivity contribution in [3.63, 3.8) is 0 Å². The van der Waals surface area contributed by atoms with Gasteiger partial charge in [-0.05, 0) is 35.9 Å². The number of carbonyl (C=O) groups is 1. The molecule has 7 nitrogen and oxygen atoms in total. The van der Waals surface area contributed by atoms with Crippen molar-refractivity contribution >= 4 is 11.6 Å². The van der Waals surface area contributed by atoms with Crippen LogP contribution < -0.4 is 10.1 Å². The van der Waals surface area contributed by atoms with Crippen molar-refractivity contribution in [2.75, 3.05) is 5.32 Å². The average Bonchev–Trinajstić information content (AvgIpc) is 3.37. The van der Waals surface area contributed by atoms with Crippen molar-refractivity contribution in [3.8, 4) is 5.75 Å². The fourth-order valence-electron chi connectivity index (χ4n) is 2.81. The summed E-state index contributed by atoms with van der Waals surface area (Å²) in [7, 11) is 0. The lowest BCUT2D eigenvalue weighted by molar-refractivity contribution is 0.102. The second-order valence-corrected chi connectivity index (χ2v) is 6.60. The summed E-state index contributed by atoms with van der Waals surface area (Å²) >= 11 is 0. The summed E-state index contributed by atoms with van der Waals surface area (Å²) in [5.41, 5.74) is 1.29. The number of nitrogens with zero attached hydrogens (tertiary/aromatic N) is 4. The Morgan fingerprint density at radius 1 is 1.03 bits per heavy atom. The van der Waals surface area contributed by atoms with E-state index in [4.69, 9.17) is 4.74 Å². The maximum atomic E-state index is 13.6. The number of nitrogens with one attached hydrogen (secondary N) is 1.